The highest BCUT2D eigenvalue weighted by Crippen LogP contribution is 2.20. The number of Topliss-reactive ketones (excluding diaryl/α,β-unsaturated/α-hetero) is 1. The van der Waals surface area contributed by atoms with Crippen molar-refractivity contribution in [3.8, 4) is 0 Å². The summed E-state index contributed by atoms with van der Waals surface area (Å²) in [5.74, 6) is -0.334. The monoisotopic (exact) mass is 383 g/mol. The number of carbonyl (C=O) groups excluding carboxylic acids is 2. The Balaban J connectivity index is 0.00000196. The summed E-state index contributed by atoms with van der Waals surface area (Å²) >= 11 is 0. The molecule has 0 unspecified atom stereocenters. The van der Waals surface area contributed by atoms with Gasteiger partial charge in [-0.3, -0.25) is 9.28 Å². The third-order valence-corrected chi connectivity index (χ3v) is 4.32. The summed E-state index contributed by atoms with van der Waals surface area (Å²) in [5, 5.41) is 0.927. The first-order valence-electron chi connectivity index (χ1n) is 8.46. The van der Waals surface area contributed by atoms with Crippen molar-refractivity contribution in [2.24, 2.45) is 0 Å². The minimum absolute atomic E-state index is 0. The lowest BCUT2D eigenvalue weighted by Crippen LogP contribution is -2.34. The molecule has 2 aromatic carbocycles. The van der Waals surface area contributed by atoms with Crippen LogP contribution < -0.4 is 4.48 Å². The summed E-state index contributed by atoms with van der Waals surface area (Å²) in [4.78, 5) is 26.9. The van der Waals surface area contributed by atoms with Gasteiger partial charge in [0, 0.05) is 16.5 Å². The van der Waals surface area contributed by atoms with Gasteiger partial charge in [0.05, 0.1) is 32.4 Å². The number of carbonyl (C=O) groups is 2. The molecule has 0 saturated heterocycles. The molecule has 0 aliphatic heterocycles. The van der Waals surface area contributed by atoms with Crippen LogP contribution in [0.1, 0.15) is 48.2 Å². The van der Waals surface area contributed by atoms with E-state index in [0.29, 0.717) is 15.6 Å². The number of aromatic amines is 1. The van der Waals surface area contributed by atoms with Crippen LogP contribution in [0.2, 0.25) is 0 Å². The van der Waals surface area contributed by atoms with E-state index >= 15 is 0 Å². The summed E-state index contributed by atoms with van der Waals surface area (Å²) in [6.45, 7) is 1.69. The van der Waals surface area contributed by atoms with Gasteiger partial charge in [-0.05, 0) is 55.5 Å². The molecule has 0 amide bonds. The van der Waals surface area contributed by atoms with Gasteiger partial charge in [0.25, 0.3) is 0 Å². The molecule has 0 fully saturated rings. The van der Waals surface area contributed by atoms with Crippen molar-refractivity contribution < 1.29 is 14.3 Å². The van der Waals surface area contributed by atoms with Gasteiger partial charge in [-0.25, -0.2) is 4.79 Å². The molecule has 1 N–H and O–H groups in total. The van der Waals surface area contributed by atoms with Crippen LogP contribution in [0, 0.1) is 0 Å². The molecule has 5 nitrogen and oxygen atoms in total. The zero-order chi connectivity index (χ0) is 18.9. The van der Waals surface area contributed by atoms with Gasteiger partial charge >= 0.3 is 5.97 Å². The minimum Gasteiger partial charge on any atom is -0.456 e. The fourth-order valence-corrected chi connectivity index (χ4v) is 2.76. The smallest absolute Gasteiger partial charge is 0.338 e. The van der Waals surface area contributed by atoms with Crippen LogP contribution in [0.3, 0.4) is 0 Å². The number of aromatic nitrogens is 1. The summed E-state index contributed by atoms with van der Waals surface area (Å²) in [6, 6.07) is 14.8. The maximum absolute atomic E-state index is 12.3. The highest BCUT2D eigenvalue weighted by Gasteiger charge is 2.14. The Labute approximate surface area is 167 Å². The number of benzene rings is 2. The molecule has 0 spiro atoms. The first-order chi connectivity index (χ1) is 12.2. The number of ketones is 1. The molecule has 3 rings (SSSR count). The van der Waals surface area contributed by atoms with E-state index in [1.54, 1.807) is 25.1 Å². The van der Waals surface area contributed by atoms with Gasteiger partial charge in [-0.15, -0.1) is 0 Å². The first-order valence-corrected chi connectivity index (χ1v) is 8.46. The van der Waals surface area contributed by atoms with Crippen molar-refractivity contribution >= 4 is 28.3 Å². The first kappa shape index (κ1) is 23.1. The Bertz CT molecular complexity index is 964. The molecule has 5 heteroatoms. The molecular formula is C23H31N2O3+. The predicted octanol–water partition coefficient (Wildman–Crippen LogP) is 5.20. The molecule has 1 aromatic heterocycles. The third-order valence-electron chi connectivity index (χ3n) is 4.32. The fraction of sp³-hybridized carbons (Fsp3) is 0.304. The van der Waals surface area contributed by atoms with E-state index in [1.165, 1.54) is 0 Å². The number of hydrogen-bond acceptors (Lipinski definition) is 3. The lowest BCUT2D eigenvalue weighted by atomic mass is 10.1. The summed E-state index contributed by atoms with van der Waals surface area (Å²) in [7, 11) is 6.21. The minimum atomic E-state index is -0.360. The Morgan fingerprint density at radius 3 is 2.11 bits per heavy atom. The van der Waals surface area contributed by atoms with Gasteiger partial charge in [0.2, 0.25) is 0 Å². The maximum Gasteiger partial charge on any atom is 0.338 e. The maximum atomic E-state index is 12.3. The molecule has 3 aromatic rings. The van der Waals surface area contributed by atoms with Gasteiger partial charge in [-0.2, -0.15) is 0 Å². The second-order valence-electron chi connectivity index (χ2n) is 7.29. The van der Waals surface area contributed by atoms with Crippen molar-refractivity contribution in [1.82, 2.24) is 9.47 Å². The highest BCUT2D eigenvalue weighted by atomic mass is 16.5. The molecule has 0 aliphatic rings. The number of rotatable bonds is 5. The molecule has 0 aliphatic carbocycles. The SMILES string of the molecule is C.C.CC(=O)c1ccc2[nH]c(COC(=O)c3ccc([N+](C)(C)C)cc3)cc2c1. The normalized spacial score (nSPS) is 10.7. The average Bonchev–Trinajstić information content (AvgIpc) is 3.01. The number of nitrogens with one attached hydrogen (secondary N) is 1. The highest BCUT2D eigenvalue weighted by molar-refractivity contribution is 5.98. The lowest BCUT2D eigenvalue weighted by Gasteiger charge is -2.23. The van der Waals surface area contributed by atoms with Crippen LogP contribution in [-0.4, -0.2) is 37.9 Å². The number of H-pyrrole nitrogens is 1. The number of quaternary nitrogens is 1. The fourth-order valence-electron chi connectivity index (χ4n) is 2.76. The molecule has 150 valence electrons. The summed E-state index contributed by atoms with van der Waals surface area (Å²) in [5.41, 5.74) is 4.00. The Kier molecular flexibility index (Phi) is 7.30. The molecule has 0 atom stereocenters. The largest absolute Gasteiger partial charge is 0.456 e. The quantitative estimate of drug-likeness (QED) is 0.374. The second-order valence-corrected chi connectivity index (χ2v) is 7.29. The predicted molar refractivity (Wildman–Crippen MR) is 117 cm³/mol. The number of fused-ring (bicyclic) bond motifs is 1. The van der Waals surface area contributed by atoms with E-state index in [4.69, 9.17) is 4.74 Å². The van der Waals surface area contributed by atoms with Gasteiger partial charge < -0.3 is 9.72 Å². The van der Waals surface area contributed by atoms with E-state index in [2.05, 4.69) is 26.1 Å². The summed E-state index contributed by atoms with van der Waals surface area (Å²) in [6.07, 6.45) is 0. The number of hydrogen-bond donors (Lipinski definition) is 1. The van der Waals surface area contributed by atoms with Crippen molar-refractivity contribution in [3.63, 3.8) is 0 Å². The van der Waals surface area contributed by atoms with Crippen LogP contribution in [0.5, 0.6) is 0 Å². The lowest BCUT2D eigenvalue weighted by molar-refractivity contribution is 0.0468. The average molecular weight is 384 g/mol. The van der Waals surface area contributed by atoms with Crippen molar-refractivity contribution in [3.05, 3.63) is 65.4 Å². The van der Waals surface area contributed by atoms with Gasteiger partial charge in [-0.1, -0.05) is 14.9 Å². The van der Waals surface area contributed by atoms with Gasteiger partial charge in [0.1, 0.15) is 12.3 Å². The zero-order valence-electron chi connectivity index (χ0n) is 15.5. The third kappa shape index (κ3) is 5.08. The van der Waals surface area contributed by atoms with Crippen LogP contribution in [-0.2, 0) is 11.3 Å². The standard InChI is InChI=1S/C21H22N2O3.2CH4/c1-14(24)16-7-10-20-17(11-16)12-18(22-20)13-26-21(25)15-5-8-19(9-6-15)23(2,3)4;;/h5-12H,13H2,1-4H3;2*1H4/p+1. The molecule has 28 heavy (non-hydrogen) atoms. The number of ether oxygens (including phenoxy) is 1. The molecule has 0 saturated carbocycles. The van der Waals surface area contributed by atoms with Crippen molar-refractivity contribution in [2.45, 2.75) is 28.4 Å². The van der Waals surface area contributed by atoms with Crippen molar-refractivity contribution in [1.29, 1.82) is 0 Å². The van der Waals surface area contributed by atoms with Crippen LogP contribution >= 0.6 is 0 Å². The number of esters is 1. The molecular weight excluding hydrogens is 352 g/mol. The van der Waals surface area contributed by atoms with E-state index in [1.807, 2.05) is 30.3 Å². The van der Waals surface area contributed by atoms with E-state index in [9.17, 15) is 9.59 Å². The van der Waals surface area contributed by atoms with Gasteiger partial charge in [0.15, 0.2) is 5.78 Å². The Hall–Kier alpha value is -2.92. The van der Waals surface area contributed by atoms with E-state index < -0.39 is 0 Å². The van der Waals surface area contributed by atoms with Crippen LogP contribution in [0.4, 0.5) is 5.69 Å². The van der Waals surface area contributed by atoms with E-state index in [-0.39, 0.29) is 33.2 Å². The summed E-state index contributed by atoms with van der Waals surface area (Å²) < 4.78 is 6.09. The number of nitrogens with zero attached hydrogens (tertiary/aromatic N) is 1. The zero-order valence-corrected chi connectivity index (χ0v) is 15.5. The van der Waals surface area contributed by atoms with Crippen LogP contribution in [0.15, 0.2) is 48.5 Å². The topological polar surface area (TPSA) is 59.2 Å². The van der Waals surface area contributed by atoms with Crippen molar-refractivity contribution in [2.75, 3.05) is 21.1 Å². The second kappa shape index (κ2) is 8.85. The van der Waals surface area contributed by atoms with E-state index in [0.717, 1.165) is 22.3 Å². The Morgan fingerprint density at radius 1 is 0.929 bits per heavy atom. The molecule has 0 bridgehead atoms. The molecule has 1 heterocycles. The van der Waals surface area contributed by atoms with Crippen LogP contribution in [0.25, 0.3) is 10.9 Å². The molecule has 0 radical (unpaired) electrons. The Morgan fingerprint density at radius 2 is 1.54 bits per heavy atom.